The van der Waals surface area contributed by atoms with Gasteiger partial charge in [0.15, 0.2) is 0 Å². The van der Waals surface area contributed by atoms with Gasteiger partial charge in [-0.15, -0.1) is 0 Å². The molecule has 0 unspecified atom stereocenters. The fourth-order valence-corrected chi connectivity index (χ4v) is 3.49. The first-order valence-corrected chi connectivity index (χ1v) is 7.97. The van der Waals surface area contributed by atoms with Crippen molar-refractivity contribution in [2.45, 2.75) is 52.4 Å². The van der Waals surface area contributed by atoms with Crippen LogP contribution < -0.4 is 4.90 Å². The highest BCUT2D eigenvalue weighted by Crippen LogP contribution is 2.33. The highest BCUT2D eigenvalue weighted by atomic mass is 16.4. The number of aromatic carboxylic acids is 1. The van der Waals surface area contributed by atoms with Crippen LogP contribution in [0.2, 0.25) is 0 Å². The number of carbonyl (C=O) groups is 1. The molecule has 2 heterocycles. The second kappa shape index (κ2) is 5.32. The number of aryl methyl sites for hydroxylation is 2. The molecule has 0 saturated carbocycles. The summed E-state index contributed by atoms with van der Waals surface area (Å²) in [6, 6.07) is 1.86. The highest BCUT2D eigenvalue weighted by Gasteiger charge is 2.27. The molecule has 1 fully saturated rings. The number of anilines is 1. The first-order valence-electron chi connectivity index (χ1n) is 7.97. The van der Waals surface area contributed by atoms with Crippen LogP contribution in [0.1, 0.15) is 61.1 Å². The topological polar surface area (TPSA) is 53.4 Å². The molecule has 4 heteroatoms. The van der Waals surface area contributed by atoms with Crippen LogP contribution in [0, 0.1) is 5.41 Å². The second-order valence-electron chi connectivity index (χ2n) is 7.13. The average Bonchev–Trinajstić information content (AvgIpc) is 2.80. The Morgan fingerprint density at radius 3 is 2.81 bits per heavy atom. The maximum atomic E-state index is 11.6. The lowest BCUT2D eigenvalue weighted by molar-refractivity contribution is 0.0697. The van der Waals surface area contributed by atoms with E-state index in [1.165, 1.54) is 6.42 Å². The van der Waals surface area contributed by atoms with E-state index >= 15 is 0 Å². The number of hydrogen-bond acceptors (Lipinski definition) is 3. The van der Waals surface area contributed by atoms with E-state index in [0.717, 1.165) is 56.5 Å². The summed E-state index contributed by atoms with van der Waals surface area (Å²) in [5, 5.41) is 9.53. The van der Waals surface area contributed by atoms with Gasteiger partial charge in [0, 0.05) is 18.8 Å². The van der Waals surface area contributed by atoms with Crippen molar-refractivity contribution in [3.8, 4) is 0 Å². The number of carboxylic acid groups (broad SMARTS) is 1. The molecule has 0 spiro atoms. The maximum absolute atomic E-state index is 11.6. The van der Waals surface area contributed by atoms with Gasteiger partial charge in [-0.25, -0.2) is 9.78 Å². The molecule has 4 nitrogen and oxygen atoms in total. The molecular weight excluding hydrogens is 264 g/mol. The van der Waals surface area contributed by atoms with E-state index in [1.807, 2.05) is 6.07 Å². The number of aromatic nitrogens is 1. The largest absolute Gasteiger partial charge is 0.478 e. The Morgan fingerprint density at radius 2 is 2.05 bits per heavy atom. The van der Waals surface area contributed by atoms with Crippen molar-refractivity contribution in [3.05, 3.63) is 22.9 Å². The van der Waals surface area contributed by atoms with Crippen LogP contribution >= 0.6 is 0 Å². The fraction of sp³-hybridized carbons (Fsp3) is 0.647. The maximum Gasteiger partial charge on any atom is 0.339 e. The molecule has 0 aromatic carbocycles. The minimum absolute atomic E-state index is 0.342. The Labute approximate surface area is 126 Å². The van der Waals surface area contributed by atoms with Gasteiger partial charge in [-0.2, -0.15) is 0 Å². The Kier molecular flexibility index (Phi) is 3.64. The number of pyridine rings is 1. The summed E-state index contributed by atoms with van der Waals surface area (Å²) in [5.74, 6) is -0.156. The van der Waals surface area contributed by atoms with Gasteiger partial charge in [0.1, 0.15) is 11.4 Å². The first kappa shape index (κ1) is 14.4. The van der Waals surface area contributed by atoms with Gasteiger partial charge in [-0.05, 0) is 55.6 Å². The number of carboxylic acids is 1. The van der Waals surface area contributed by atoms with Crippen molar-refractivity contribution >= 4 is 11.8 Å². The third-order valence-corrected chi connectivity index (χ3v) is 4.90. The summed E-state index contributed by atoms with van der Waals surface area (Å²) in [4.78, 5) is 18.5. The smallest absolute Gasteiger partial charge is 0.339 e. The van der Waals surface area contributed by atoms with Crippen LogP contribution in [-0.2, 0) is 12.8 Å². The van der Waals surface area contributed by atoms with E-state index in [4.69, 9.17) is 4.98 Å². The zero-order valence-corrected chi connectivity index (χ0v) is 13.0. The van der Waals surface area contributed by atoms with Crippen LogP contribution in [-0.4, -0.2) is 29.1 Å². The van der Waals surface area contributed by atoms with E-state index in [-0.39, 0.29) is 0 Å². The molecule has 1 N–H and O–H groups in total. The van der Waals surface area contributed by atoms with E-state index in [1.54, 1.807) is 0 Å². The summed E-state index contributed by atoms with van der Waals surface area (Å²) in [5.41, 5.74) is 2.97. The van der Waals surface area contributed by atoms with Gasteiger partial charge in [0.2, 0.25) is 0 Å². The summed E-state index contributed by atoms with van der Waals surface area (Å²) >= 11 is 0. The molecule has 21 heavy (non-hydrogen) atoms. The number of rotatable bonds is 2. The predicted molar refractivity (Wildman–Crippen MR) is 83.1 cm³/mol. The molecule has 0 radical (unpaired) electrons. The lowest BCUT2D eigenvalue weighted by Crippen LogP contribution is -2.28. The molecule has 114 valence electrons. The van der Waals surface area contributed by atoms with Gasteiger partial charge in [-0.1, -0.05) is 13.8 Å². The Bertz CT molecular complexity index is 566. The highest BCUT2D eigenvalue weighted by molar-refractivity contribution is 5.93. The van der Waals surface area contributed by atoms with Crippen molar-refractivity contribution in [1.82, 2.24) is 4.98 Å². The molecule has 0 atom stereocenters. The normalized spacial score (nSPS) is 21.0. The first-order chi connectivity index (χ1) is 9.96. The monoisotopic (exact) mass is 288 g/mol. The molecule has 1 aromatic rings. The zero-order chi connectivity index (χ0) is 15.0. The zero-order valence-electron chi connectivity index (χ0n) is 13.0. The van der Waals surface area contributed by atoms with Crippen molar-refractivity contribution < 1.29 is 9.90 Å². The number of nitrogens with zero attached hydrogens (tertiary/aromatic N) is 2. The van der Waals surface area contributed by atoms with Crippen molar-refractivity contribution in [2.75, 3.05) is 18.0 Å². The Balaban J connectivity index is 1.95. The Hall–Kier alpha value is -1.58. The van der Waals surface area contributed by atoms with Gasteiger partial charge in [0.25, 0.3) is 0 Å². The standard InChI is InChI=1S/C17H24N2O2/c1-17(2)7-4-9-19(10-8-17)15-13(16(20)21)11-12-5-3-6-14(12)18-15/h11H,3-10H2,1-2H3,(H,20,21). The third-order valence-electron chi connectivity index (χ3n) is 4.90. The quantitative estimate of drug-likeness (QED) is 0.907. The average molecular weight is 288 g/mol. The second-order valence-corrected chi connectivity index (χ2v) is 7.13. The summed E-state index contributed by atoms with van der Waals surface area (Å²) < 4.78 is 0. The molecule has 1 aliphatic heterocycles. The van der Waals surface area contributed by atoms with Crippen LogP contribution in [0.5, 0.6) is 0 Å². The van der Waals surface area contributed by atoms with Crippen molar-refractivity contribution in [1.29, 1.82) is 0 Å². The number of fused-ring (bicyclic) bond motifs is 1. The fourth-order valence-electron chi connectivity index (χ4n) is 3.49. The molecule has 0 amide bonds. The lowest BCUT2D eigenvalue weighted by atomic mass is 9.85. The van der Waals surface area contributed by atoms with Gasteiger partial charge in [0.05, 0.1) is 0 Å². The summed E-state index contributed by atoms with van der Waals surface area (Å²) in [7, 11) is 0. The van der Waals surface area contributed by atoms with Crippen molar-refractivity contribution in [2.24, 2.45) is 5.41 Å². The van der Waals surface area contributed by atoms with E-state index < -0.39 is 5.97 Å². The summed E-state index contributed by atoms with van der Waals surface area (Å²) in [6.07, 6.45) is 6.43. The minimum Gasteiger partial charge on any atom is -0.478 e. The molecule has 0 bridgehead atoms. The Morgan fingerprint density at radius 1 is 1.24 bits per heavy atom. The van der Waals surface area contributed by atoms with Gasteiger partial charge >= 0.3 is 5.97 Å². The van der Waals surface area contributed by atoms with E-state index in [9.17, 15) is 9.90 Å². The van der Waals surface area contributed by atoms with Crippen LogP contribution in [0.4, 0.5) is 5.82 Å². The summed E-state index contributed by atoms with van der Waals surface area (Å²) in [6.45, 7) is 6.41. The molecular formula is C17H24N2O2. The molecule has 3 rings (SSSR count). The van der Waals surface area contributed by atoms with Crippen LogP contribution in [0.15, 0.2) is 6.07 Å². The van der Waals surface area contributed by atoms with E-state index in [0.29, 0.717) is 16.8 Å². The van der Waals surface area contributed by atoms with Crippen molar-refractivity contribution in [3.63, 3.8) is 0 Å². The SMILES string of the molecule is CC1(C)CCCN(c2nc3c(cc2C(=O)O)CCC3)CC1. The molecule has 1 aliphatic carbocycles. The van der Waals surface area contributed by atoms with Gasteiger partial charge < -0.3 is 10.0 Å². The molecule has 2 aliphatic rings. The third kappa shape index (κ3) is 2.89. The van der Waals surface area contributed by atoms with Crippen LogP contribution in [0.3, 0.4) is 0 Å². The predicted octanol–water partition coefficient (Wildman–Crippen LogP) is 3.29. The molecule has 1 aromatic heterocycles. The van der Waals surface area contributed by atoms with Crippen LogP contribution in [0.25, 0.3) is 0 Å². The molecule has 1 saturated heterocycles. The number of hydrogen-bond donors (Lipinski definition) is 1. The van der Waals surface area contributed by atoms with E-state index in [2.05, 4.69) is 18.7 Å². The minimum atomic E-state index is -0.851. The van der Waals surface area contributed by atoms with Gasteiger partial charge in [-0.3, -0.25) is 0 Å². The lowest BCUT2D eigenvalue weighted by Gasteiger charge is -2.25.